The Morgan fingerprint density at radius 2 is 1.81 bits per heavy atom. The fourth-order valence-corrected chi connectivity index (χ4v) is 4.23. The average Bonchev–Trinajstić information content (AvgIpc) is 2.86. The molecule has 3 aromatic carbocycles. The van der Waals surface area contributed by atoms with Gasteiger partial charge in [0, 0.05) is 5.56 Å². The lowest BCUT2D eigenvalue weighted by molar-refractivity contribution is -0.137. The molecular formula is C32H37FO4. The molecule has 0 aliphatic carbocycles. The molecule has 0 saturated heterocycles. The van der Waals surface area contributed by atoms with Gasteiger partial charge in [0.2, 0.25) is 0 Å². The number of carboxylic acid groups (broad SMARTS) is 1. The predicted molar refractivity (Wildman–Crippen MR) is 148 cm³/mol. The monoisotopic (exact) mass is 504 g/mol. The third-order valence-electron chi connectivity index (χ3n) is 6.14. The first-order valence-corrected chi connectivity index (χ1v) is 12.7. The molecule has 0 heterocycles. The van der Waals surface area contributed by atoms with Crippen molar-refractivity contribution in [3.05, 3.63) is 89.2 Å². The fourth-order valence-electron chi connectivity index (χ4n) is 4.23. The molecule has 3 aromatic rings. The van der Waals surface area contributed by atoms with E-state index in [-0.39, 0.29) is 23.6 Å². The summed E-state index contributed by atoms with van der Waals surface area (Å²) in [7, 11) is 1.57. The number of hydrogen-bond donors (Lipinski definition) is 1. The Bertz CT molecular complexity index is 1240. The van der Waals surface area contributed by atoms with Crippen LogP contribution in [-0.4, -0.2) is 18.2 Å². The van der Waals surface area contributed by atoms with Gasteiger partial charge in [-0.2, -0.15) is 0 Å². The van der Waals surface area contributed by atoms with E-state index in [1.54, 1.807) is 19.2 Å². The zero-order valence-electron chi connectivity index (χ0n) is 22.4. The first-order valence-electron chi connectivity index (χ1n) is 12.7. The number of aliphatic carboxylic acids is 1. The van der Waals surface area contributed by atoms with Crippen molar-refractivity contribution in [1.29, 1.82) is 0 Å². The normalized spacial score (nSPS) is 12.5. The van der Waals surface area contributed by atoms with Crippen LogP contribution >= 0.6 is 0 Å². The Kier molecular flexibility index (Phi) is 9.51. The van der Waals surface area contributed by atoms with Gasteiger partial charge < -0.3 is 14.6 Å². The second kappa shape index (κ2) is 12.6. The molecule has 0 bridgehead atoms. The van der Waals surface area contributed by atoms with Gasteiger partial charge in [0.15, 0.2) is 0 Å². The van der Waals surface area contributed by atoms with Crippen LogP contribution in [0.25, 0.3) is 17.2 Å². The minimum absolute atomic E-state index is 0.0396. The van der Waals surface area contributed by atoms with Crippen molar-refractivity contribution in [1.82, 2.24) is 0 Å². The third-order valence-corrected chi connectivity index (χ3v) is 6.14. The molecule has 1 N–H and O–H groups in total. The Labute approximate surface area is 219 Å². The molecule has 0 unspecified atom stereocenters. The van der Waals surface area contributed by atoms with Gasteiger partial charge in [-0.05, 0) is 76.4 Å². The van der Waals surface area contributed by atoms with Crippen molar-refractivity contribution < 1.29 is 23.8 Å². The highest BCUT2D eigenvalue weighted by atomic mass is 19.1. The van der Waals surface area contributed by atoms with Gasteiger partial charge >= 0.3 is 5.97 Å². The van der Waals surface area contributed by atoms with Crippen LogP contribution in [-0.2, 0) is 11.4 Å². The van der Waals surface area contributed by atoms with E-state index < -0.39 is 5.97 Å². The molecule has 0 aliphatic rings. The summed E-state index contributed by atoms with van der Waals surface area (Å²) in [6, 6.07) is 18.3. The summed E-state index contributed by atoms with van der Waals surface area (Å²) in [5, 5.41) is 9.30. The Hall–Kier alpha value is -3.60. The van der Waals surface area contributed by atoms with E-state index in [9.17, 15) is 14.3 Å². The molecule has 0 spiro atoms. The molecule has 1 atom stereocenters. The van der Waals surface area contributed by atoms with Crippen LogP contribution in [0.15, 0.2) is 66.7 Å². The molecule has 0 amide bonds. The van der Waals surface area contributed by atoms with Gasteiger partial charge in [0.05, 0.1) is 13.5 Å². The van der Waals surface area contributed by atoms with Crippen molar-refractivity contribution in [3.8, 4) is 22.6 Å². The van der Waals surface area contributed by atoms with Crippen LogP contribution in [0.2, 0.25) is 0 Å². The Morgan fingerprint density at radius 1 is 1.03 bits per heavy atom. The molecule has 0 aliphatic heterocycles. The zero-order chi connectivity index (χ0) is 27.0. The van der Waals surface area contributed by atoms with E-state index in [1.165, 1.54) is 6.07 Å². The fraction of sp³-hybridized carbons (Fsp3) is 0.344. The molecule has 196 valence electrons. The predicted octanol–water partition coefficient (Wildman–Crippen LogP) is 8.50. The molecule has 0 saturated carbocycles. The lowest BCUT2D eigenvalue weighted by Crippen LogP contribution is -2.06. The van der Waals surface area contributed by atoms with Gasteiger partial charge in [-0.25, -0.2) is 4.39 Å². The molecular weight excluding hydrogens is 467 g/mol. The molecule has 3 rings (SSSR count). The van der Waals surface area contributed by atoms with Crippen molar-refractivity contribution in [2.45, 2.75) is 59.5 Å². The smallest absolute Gasteiger partial charge is 0.303 e. The van der Waals surface area contributed by atoms with E-state index in [1.807, 2.05) is 48.5 Å². The quantitative estimate of drug-likeness (QED) is 0.284. The Morgan fingerprint density at radius 3 is 2.49 bits per heavy atom. The molecule has 0 radical (unpaired) electrons. The maximum Gasteiger partial charge on any atom is 0.303 e. The number of carbonyl (C=O) groups is 1. The van der Waals surface area contributed by atoms with E-state index >= 15 is 0 Å². The van der Waals surface area contributed by atoms with Gasteiger partial charge in [-0.1, -0.05) is 70.5 Å². The number of hydrogen-bond acceptors (Lipinski definition) is 3. The standard InChI is InChI=1S/C32H37FO4/c1-6-8-23(19-31(34)35)24-9-7-10-27(18-24)37-21-22-11-13-28(25(17-22)15-16-32(2,3)4)29-20-26(36-5)12-14-30(29)33/h7,9-18,20,23H,6,8,19,21H2,1-5H3,(H,34,35)/b16-15+/t23-/m1/s1. The van der Waals surface area contributed by atoms with Crippen LogP contribution in [0.5, 0.6) is 11.5 Å². The molecule has 37 heavy (non-hydrogen) atoms. The van der Waals surface area contributed by atoms with Gasteiger partial charge in [0.25, 0.3) is 0 Å². The maximum atomic E-state index is 14.8. The van der Waals surface area contributed by atoms with Crippen molar-refractivity contribution in [2.75, 3.05) is 7.11 Å². The first-order chi connectivity index (χ1) is 17.6. The van der Waals surface area contributed by atoms with Crippen LogP contribution in [0.1, 0.15) is 69.6 Å². The largest absolute Gasteiger partial charge is 0.497 e. The zero-order valence-corrected chi connectivity index (χ0v) is 22.4. The summed E-state index contributed by atoms with van der Waals surface area (Å²) in [6.07, 6.45) is 5.95. The number of methoxy groups -OCH3 is 1. The second-order valence-corrected chi connectivity index (χ2v) is 10.4. The lowest BCUT2D eigenvalue weighted by atomic mass is 9.91. The highest BCUT2D eigenvalue weighted by Gasteiger charge is 2.16. The van der Waals surface area contributed by atoms with Gasteiger partial charge in [-0.15, -0.1) is 0 Å². The molecule has 5 heteroatoms. The molecule has 4 nitrogen and oxygen atoms in total. The number of benzene rings is 3. The van der Waals surface area contributed by atoms with E-state index in [4.69, 9.17) is 9.47 Å². The van der Waals surface area contributed by atoms with Crippen molar-refractivity contribution >= 4 is 12.0 Å². The highest BCUT2D eigenvalue weighted by molar-refractivity contribution is 5.77. The van der Waals surface area contributed by atoms with Crippen LogP contribution in [0, 0.1) is 11.2 Å². The van der Waals surface area contributed by atoms with Gasteiger partial charge in [0.1, 0.15) is 23.9 Å². The van der Waals surface area contributed by atoms with Crippen molar-refractivity contribution in [3.63, 3.8) is 0 Å². The summed E-state index contributed by atoms with van der Waals surface area (Å²) < 4.78 is 26.2. The van der Waals surface area contributed by atoms with E-state index in [2.05, 4.69) is 33.8 Å². The molecule has 0 aromatic heterocycles. The number of rotatable bonds is 11. The first kappa shape index (κ1) is 28.0. The SMILES string of the molecule is CCC[C@H](CC(=O)O)c1cccc(OCc2ccc(-c3cc(OC)ccc3F)c(/C=C/C(C)(C)C)c2)c1. The summed E-state index contributed by atoms with van der Waals surface area (Å²) in [5.41, 5.74) is 4.02. The topological polar surface area (TPSA) is 55.8 Å². The maximum absolute atomic E-state index is 14.8. The minimum atomic E-state index is -0.798. The lowest BCUT2D eigenvalue weighted by Gasteiger charge is -2.17. The summed E-state index contributed by atoms with van der Waals surface area (Å²) in [5.74, 6) is 0.137. The summed E-state index contributed by atoms with van der Waals surface area (Å²) >= 11 is 0. The summed E-state index contributed by atoms with van der Waals surface area (Å²) in [4.78, 5) is 11.3. The average molecular weight is 505 g/mol. The molecule has 0 fully saturated rings. The van der Waals surface area contributed by atoms with Crippen LogP contribution in [0.4, 0.5) is 4.39 Å². The number of ether oxygens (including phenoxy) is 2. The minimum Gasteiger partial charge on any atom is -0.497 e. The number of halogens is 1. The highest BCUT2D eigenvalue weighted by Crippen LogP contribution is 2.33. The van der Waals surface area contributed by atoms with Crippen molar-refractivity contribution in [2.24, 2.45) is 5.41 Å². The third kappa shape index (κ3) is 8.21. The second-order valence-electron chi connectivity index (χ2n) is 10.4. The number of carboxylic acids is 1. The number of allylic oxidation sites excluding steroid dienone is 1. The van der Waals surface area contributed by atoms with E-state index in [0.717, 1.165) is 35.1 Å². The van der Waals surface area contributed by atoms with E-state index in [0.29, 0.717) is 23.7 Å². The van der Waals surface area contributed by atoms with Crippen LogP contribution in [0.3, 0.4) is 0 Å². The Balaban J connectivity index is 1.89. The summed E-state index contributed by atoms with van der Waals surface area (Å²) in [6.45, 7) is 8.74. The van der Waals surface area contributed by atoms with Crippen LogP contribution < -0.4 is 9.47 Å². The van der Waals surface area contributed by atoms with Gasteiger partial charge in [-0.3, -0.25) is 4.79 Å².